The van der Waals surface area contributed by atoms with Crippen LogP contribution in [0.25, 0.3) is 55.7 Å². The number of ether oxygens (including phenoxy) is 2. The monoisotopic (exact) mass is 740 g/mol. The Hall–Kier alpha value is -6.94. The van der Waals surface area contributed by atoms with Gasteiger partial charge in [0.2, 0.25) is 0 Å². The van der Waals surface area contributed by atoms with E-state index in [9.17, 15) is 56.2 Å². The summed E-state index contributed by atoms with van der Waals surface area (Å²) >= 11 is 1.00. The molecule has 15 heteroatoms. The molecule has 0 saturated carbocycles. The Bertz CT molecular complexity index is 2470. The first-order chi connectivity index (χ1) is 25.2. The van der Waals surface area contributed by atoms with Crippen LogP contribution in [0, 0.1) is 57.0 Å². The smallest absolute Gasteiger partial charge is 0.405 e. The Labute approximate surface area is 297 Å². The van der Waals surface area contributed by atoms with Gasteiger partial charge in [-0.1, -0.05) is 24.3 Å². The van der Waals surface area contributed by atoms with Crippen LogP contribution < -0.4 is 9.47 Å². The van der Waals surface area contributed by atoms with Crippen LogP contribution in [0.15, 0.2) is 83.9 Å². The molecule has 0 unspecified atom stereocenters. The molecule has 0 fully saturated rings. The lowest BCUT2D eigenvalue weighted by molar-refractivity contribution is -0.275. The van der Waals surface area contributed by atoms with E-state index in [0.717, 1.165) is 47.7 Å². The zero-order chi connectivity index (χ0) is 38.0. The minimum atomic E-state index is -5.11. The topological polar surface area (TPSA) is 114 Å². The summed E-state index contributed by atoms with van der Waals surface area (Å²) in [5, 5.41) is 39.9. The molecule has 5 aromatic rings. The molecule has 1 heterocycles. The number of hydrogen-bond acceptors (Lipinski definition) is 7. The van der Waals surface area contributed by atoms with Gasteiger partial charge in [-0.2, -0.15) is 21.0 Å². The number of rotatable bonds is 4. The molecule has 4 aromatic carbocycles. The lowest BCUT2D eigenvalue weighted by Crippen LogP contribution is -2.17. The van der Waals surface area contributed by atoms with Gasteiger partial charge in [-0.3, -0.25) is 0 Å². The van der Waals surface area contributed by atoms with Gasteiger partial charge < -0.3 is 9.47 Å². The van der Waals surface area contributed by atoms with Crippen LogP contribution in [0.1, 0.15) is 20.9 Å². The van der Waals surface area contributed by atoms with Crippen molar-refractivity contribution in [2.45, 2.75) is 12.7 Å². The van der Waals surface area contributed by atoms with Crippen molar-refractivity contribution in [2.24, 2.45) is 0 Å². The van der Waals surface area contributed by atoms with E-state index in [1.54, 1.807) is 0 Å². The summed E-state index contributed by atoms with van der Waals surface area (Å²) in [6.07, 6.45) is -10.2. The number of allylic oxidation sites excluding steroid dienone is 2. The van der Waals surface area contributed by atoms with Gasteiger partial charge in [0.25, 0.3) is 0 Å². The normalized spacial score (nSPS) is 12.4. The lowest BCUT2D eigenvalue weighted by Gasteiger charge is -2.15. The molecule has 0 amide bonds. The molecule has 7 rings (SSSR count). The van der Waals surface area contributed by atoms with E-state index in [1.165, 1.54) is 36.4 Å². The Morgan fingerprint density at radius 2 is 0.868 bits per heavy atom. The van der Waals surface area contributed by atoms with Crippen LogP contribution in [0.2, 0.25) is 0 Å². The lowest BCUT2D eigenvalue weighted by atomic mass is 9.93. The highest BCUT2D eigenvalue weighted by atomic mass is 32.1. The van der Waals surface area contributed by atoms with Crippen LogP contribution in [0.3, 0.4) is 0 Å². The largest absolute Gasteiger partial charge is 0.573 e. The fraction of sp³-hybridized carbons (Fsp3) is 0.0526. The minimum Gasteiger partial charge on any atom is -0.405 e. The summed E-state index contributed by atoms with van der Waals surface area (Å²) in [4.78, 5) is 0.694. The zero-order valence-electron chi connectivity index (χ0n) is 26.0. The molecule has 2 aliphatic rings. The molecule has 6 nitrogen and oxygen atoms in total. The molecule has 53 heavy (non-hydrogen) atoms. The molecule has 0 spiro atoms. The van der Waals surface area contributed by atoms with Crippen LogP contribution >= 0.6 is 11.3 Å². The Kier molecular flexibility index (Phi) is 8.06. The van der Waals surface area contributed by atoms with E-state index in [4.69, 9.17) is 0 Å². The molecular weight excluding hydrogens is 728 g/mol. The van der Waals surface area contributed by atoms with Crippen molar-refractivity contribution in [3.05, 3.63) is 116 Å². The van der Waals surface area contributed by atoms with E-state index >= 15 is 0 Å². The third-order valence-corrected chi connectivity index (χ3v) is 9.61. The van der Waals surface area contributed by atoms with E-state index in [2.05, 4.69) is 9.47 Å². The number of nitriles is 4. The summed E-state index contributed by atoms with van der Waals surface area (Å²) < 4.78 is 117. The highest BCUT2D eigenvalue weighted by molar-refractivity contribution is 7.16. The molecule has 0 atom stereocenters. The van der Waals surface area contributed by atoms with Crippen molar-refractivity contribution < 1.29 is 44.6 Å². The molecule has 0 saturated heterocycles. The van der Waals surface area contributed by atoms with Gasteiger partial charge in [0.05, 0.1) is 0 Å². The minimum absolute atomic E-state index is 0.0517. The molecule has 1 aromatic heterocycles. The second-order valence-electron chi connectivity index (χ2n) is 11.4. The van der Waals surface area contributed by atoms with Crippen LogP contribution in [-0.2, 0) is 0 Å². The zero-order valence-corrected chi connectivity index (χ0v) is 26.8. The first-order valence-corrected chi connectivity index (χ1v) is 15.6. The van der Waals surface area contributed by atoms with Gasteiger partial charge in [0.1, 0.15) is 58.6 Å². The number of thiophene rings is 1. The molecule has 0 aliphatic heterocycles. The second-order valence-corrected chi connectivity index (χ2v) is 12.4. The van der Waals surface area contributed by atoms with Gasteiger partial charge in [-0.05, 0) is 81.9 Å². The van der Waals surface area contributed by atoms with E-state index in [-0.39, 0.29) is 55.7 Å². The van der Waals surface area contributed by atoms with Gasteiger partial charge in [0.15, 0.2) is 0 Å². The van der Waals surface area contributed by atoms with Gasteiger partial charge in [-0.15, -0.1) is 37.7 Å². The Morgan fingerprint density at radius 1 is 0.491 bits per heavy atom. The molecular formula is C38H12F8N4O2S. The summed E-state index contributed by atoms with van der Waals surface area (Å²) in [6, 6.07) is 20.7. The van der Waals surface area contributed by atoms with Crippen molar-refractivity contribution in [3.8, 4) is 80.3 Å². The number of halogens is 8. The molecule has 0 radical (unpaired) electrons. The molecule has 258 valence electrons. The maximum absolute atomic E-state index is 14.4. The number of fused-ring (bicyclic) bond motifs is 7. The van der Waals surface area contributed by atoms with Crippen LogP contribution in [0.5, 0.6) is 11.5 Å². The van der Waals surface area contributed by atoms with Crippen molar-refractivity contribution in [1.82, 2.24) is 0 Å². The first-order valence-electron chi connectivity index (χ1n) is 14.8. The quantitative estimate of drug-likeness (QED) is 0.131. The highest BCUT2D eigenvalue weighted by Crippen LogP contribution is 2.62. The number of nitrogens with zero attached hydrogens (tertiary/aromatic N) is 4. The summed E-state index contributed by atoms with van der Waals surface area (Å²) in [7, 11) is 0. The fourth-order valence-electron chi connectivity index (χ4n) is 6.47. The van der Waals surface area contributed by atoms with E-state index in [0.29, 0.717) is 32.0 Å². The van der Waals surface area contributed by atoms with Crippen molar-refractivity contribution in [2.75, 3.05) is 0 Å². The van der Waals surface area contributed by atoms with E-state index < -0.39 is 35.9 Å². The van der Waals surface area contributed by atoms with Gasteiger partial charge in [0, 0.05) is 43.2 Å². The average Bonchev–Trinajstić information content (AvgIpc) is 3.72. The van der Waals surface area contributed by atoms with Crippen molar-refractivity contribution >= 4 is 22.5 Å². The molecule has 2 aliphatic carbocycles. The van der Waals surface area contributed by atoms with Gasteiger partial charge in [-0.25, -0.2) is 8.78 Å². The number of benzene rings is 4. The third kappa shape index (κ3) is 5.89. The predicted molar refractivity (Wildman–Crippen MR) is 174 cm³/mol. The maximum Gasteiger partial charge on any atom is 0.573 e. The Balaban J connectivity index is 1.48. The molecule has 0 bridgehead atoms. The van der Waals surface area contributed by atoms with Crippen molar-refractivity contribution in [3.63, 3.8) is 0 Å². The third-order valence-electron chi connectivity index (χ3n) is 8.38. The Morgan fingerprint density at radius 3 is 1.21 bits per heavy atom. The summed E-state index contributed by atoms with van der Waals surface area (Å²) in [5.41, 5.74) is 1.11. The number of alkyl halides is 6. The second kappa shape index (κ2) is 12.4. The first kappa shape index (κ1) is 34.5. The van der Waals surface area contributed by atoms with Gasteiger partial charge >= 0.3 is 12.7 Å². The van der Waals surface area contributed by atoms with Crippen LogP contribution in [0.4, 0.5) is 35.1 Å². The average molecular weight is 741 g/mol. The SMILES string of the molecule is N#CC(C#N)=C1c2cc(-c3cc(F)ccc3OC(F)(F)F)ccc2-c2c1sc1c2-c2ccc(-c3cc(F)ccc3OC(F)(F)F)cc2C1=C(C#N)C#N. The molecule has 0 N–H and O–H groups in total. The van der Waals surface area contributed by atoms with Crippen molar-refractivity contribution in [1.29, 1.82) is 21.0 Å². The maximum atomic E-state index is 14.4. The van der Waals surface area contributed by atoms with Crippen LogP contribution in [-0.4, -0.2) is 12.7 Å². The number of hydrogen-bond donors (Lipinski definition) is 0. The standard InChI is InChI=1S/C38H12F8N4O2S/c39-21-3-7-29(51-37(41,42)43)25(11-21)17-1-5-23-27(9-17)31(19(13-47)14-48)35-33(23)34-24-6-2-18(10-28(24)32(36(34)53-35)20(15-49)16-50)26-12-22(40)4-8-30(26)52-38(44,45)46/h1-12H. The van der Waals surface area contributed by atoms with E-state index in [1.807, 2.05) is 24.3 Å². The fourth-order valence-corrected chi connectivity index (χ4v) is 7.93. The highest BCUT2D eigenvalue weighted by Gasteiger charge is 2.40. The summed E-state index contributed by atoms with van der Waals surface area (Å²) in [5.74, 6) is -3.15. The summed E-state index contributed by atoms with van der Waals surface area (Å²) in [6.45, 7) is 0. The predicted octanol–water partition coefficient (Wildman–Crippen LogP) is 10.8.